The Labute approximate surface area is 189 Å². The van der Waals surface area contributed by atoms with E-state index in [-0.39, 0.29) is 11.1 Å². The van der Waals surface area contributed by atoms with E-state index in [4.69, 9.17) is 21.6 Å². The maximum atomic E-state index is 12.6. The first-order valence-electron chi connectivity index (χ1n) is 10.4. The van der Waals surface area contributed by atoms with E-state index >= 15 is 0 Å². The molecule has 160 valence electrons. The molecule has 5 aromatic rings. The summed E-state index contributed by atoms with van der Waals surface area (Å²) in [7, 11) is 0. The van der Waals surface area contributed by atoms with Crippen LogP contribution in [0.25, 0.3) is 39.1 Å². The molecule has 0 aliphatic rings. The highest BCUT2D eigenvalue weighted by Gasteiger charge is 2.25. The Morgan fingerprint density at radius 1 is 0.969 bits per heavy atom. The van der Waals surface area contributed by atoms with Crippen LogP contribution in [0.2, 0.25) is 5.02 Å². The van der Waals surface area contributed by atoms with Gasteiger partial charge in [0.15, 0.2) is 11.3 Å². The van der Waals surface area contributed by atoms with Crippen molar-refractivity contribution >= 4 is 28.3 Å². The lowest BCUT2D eigenvalue weighted by molar-refractivity contribution is 0.535. The van der Waals surface area contributed by atoms with Crippen LogP contribution >= 0.6 is 11.6 Å². The summed E-state index contributed by atoms with van der Waals surface area (Å²) in [6.45, 7) is 8.12. The predicted octanol–water partition coefficient (Wildman–Crippen LogP) is 5.56. The summed E-state index contributed by atoms with van der Waals surface area (Å²) in [6, 6.07) is 17.8. The fraction of sp³-hybridized carbons (Fsp3) is 0.200. The first kappa shape index (κ1) is 20.4. The van der Waals surface area contributed by atoms with E-state index in [0.717, 1.165) is 27.9 Å². The van der Waals surface area contributed by atoms with Gasteiger partial charge in [-0.05, 0) is 36.2 Å². The second-order valence-electron chi connectivity index (χ2n) is 8.95. The van der Waals surface area contributed by atoms with Crippen LogP contribution in [0, 0.1) is 6.92 Å². The van der Waals surface area contributed by atoms with Gasteiger partial charge in [0.25, 0.3) is 0 Å². The van der Waals surface area contributed by atoms with Gasteiger partial charge in [-0.1, -0.05) is 68.8 Å². The Morgan fingerprint density at radius 2 is 1.69 bits per heavy atom. The minimum Gasteiger partial charge on any atom is -0.246 e. The average Bonchev–Trinajstić information content (AvgIpc) is 3.14. The van der Waals surface area contributed by atoms with Gasteiger partial charge in [0, 0.05) is 21.6 Å². The molecule has 0 bridgehead atoms. The molecule has 0 spiro atoms. The number of fused-ring (bicyclic) bond motifs is 3. The van der Waals surface area contributed by atoms with Gasteiger partial charge in [-0.3, -0.25) is 0 Å². The van der Waals surface area contributed by atoms with Crippen molar-refractivity contribution in [3.8, 4) is 22.4 Å². The second-order valence-corrected chi connectivity index (χ2v) is 9.39. The number of hydrogen-bond donors (Lipinski definition) is 1. The van der Waals surface area contributed by atoms with Gasteiger partial charge in [0.2, 0.25) is 0 Å². The van der Waals surface area contributed by atoms with E-state index in [2.05, 4.69) is 29.3 Å². The summed E-state index contributed by atoms with van der Waals surface area (Å²) >= 11 is 6.14. The molecule has 3 aromatic heterocycles. The Morgan fingerprint density at radius 3 is 2.38 bits per heavy atom. The summed E-state index contributed by atoms with van der Waals surface area (Å²) in [6.07, 6.45) is 0. The summed E-state index contributed by atoms with van der Waals surface area (Å²) in [5, 5.41) is 8.26. The van der Waals surface area contributed by atoms with Gasteiger partial charge >= 0.3 is 5.69 Å². The van der Waals surface area contributed by atoms with E-state index in [0.29, 0.717) is 27.5 Å². The molecule has 0 saturated heterocycles. The SMILES string of the molecule is Cc1ccccc1-c1nc2nc(C(C)(C)C)n3c(=O)[nH]nc3c2cc1-c1ccc(Cl)cc1. The minimum atomic E-state index is -0.375. The standard InChI is InChI=1S/C25H22ClN5O/c1-14-7-5-6-8-17(14)20-18(15-9-11-16(26)12-10-15)13-19-21(27-20)28-23(25(2,3)4)31-22(19)29-30-24(31)32/h5-13H,1-4H3,(H,30,32). The molecule has 1 N–H and O–H groups in total. The highest BCUT2D eigenvalue weighted by atomic mass is 35.5. The summed E-state index contributed by atoms with van der Waals surface area (Å²) < 4.78 is 1.54. The van der Waals surface area contributed by atoms with E-state index in [1.54, 1.807) is 4.40 Å². The van der Waals surface area contributed by atoms with Crippen molar-refractivity contribution in [2.45, 2.75) is 33.1 Å². The second kappa shape index (κ2) is 7.28. The van der Waals surface area contributed by atoms with Crippen molar-refractivity contribution < 1.29 is 0 Å². The van der Waals surface area contributed by atoms with Crippen molar-refractivity contribution in [3.63, 3.8) is 0 Å². The third-order valence-electron chi connectivity index (χ3n) is 5.57. The molecule has 32 heavy (non-hydrogen) atoms. The Balaban J connectivity index is 1.94. The molecule has 0 saturated carbocycles. The van der Waals surface area contributed by atoms with Crippen molar-refractivity contribution in [2.75, 3.05) is 0 Å². The topological polar surface area (TPSA) is 75.9 Å². The van der Waals surface area contributed by atoms with Gasteiger partial charge in [-0.2, -0.15) is 5.10 Å². The zero-order valence-electron chi connectivity index (χ0n) is 18.3. The Bertz CT molecular complexity index is 1540. The quantitative estimate of drug-likeness (QED) is 0.387. The fourth-order valence-electron chi connectivity index (χ4n) is 3.97. The lowest BCUT2D eigenvalue weighted by Gasteiger charge is -2.20. The number of rotatable bonds is 2. The molecule has 0 amide bonds. The normalized spacial score (nSPS) is 12.0. The molecule has 0 aliphatic carbocycles. The van der Waals surface area contributed by atoms with Crippen LogP contribution in [-0.4, -0.2) is 24.6 Å². The first-order valence-corrected chi connectivity index (χ1v) is 10.8. The van der Waals surface area contributed by atoms with Crippen LogP contribution in [0.5, 0.6) is 0 Å². The molecule has 0 unspecified atom stereocenters. The smallest absolute Gasteiger partial charge is 0.246 e. The summed E-state index contributed by atoms with van der Waals surface area (Å²) in [5.74, 6) is 0.612. The van der Waals surface area contributed by atoms with Gasteiger partial charge < -0.3 is 0 Å². The fourth-order valence-corrected chi connectivity index (χ4v) is 4.10. The number of aromatic amines is 1. The highest BCUT2D eigenvalue weighted by Crippen LogP contribution is 2.36. The molecule has 0 fully saturated rings. The molecule has 6 nitrogen and oxygen atoms in total. The molecule has 7 heteroatoms. The molecule has 0 radical (unpaired) electrons. The number of hydrogen-bond acceptors (Lipinski definition) is 4. The molecule has 5 rings (SSSR count). The average molecular weight is 444 g/mol. The van der Waals surface area contributed by atoms with E-state index < -0.39 is 0 Å². The number of aromatic nitrogens is 5. The zero-order valence-corrected chi connectivity index (χ0v) is 19.0. The largest absolute Gasteiger partial charge is 0.349 e. The maximum absolute atomic E-state index is 12.6. The van der Waals surface area contributed by atoms with Gasteiger partial charge in [0.1, 0.15) is 5.82 Å². The van der Waals surface area contributed by atoms with Crippen LogP contribution in [0.3, 0.4) is 0 Å². The molecular formula is C25H22ClN5O. The van der Waals surface area contributed by atoms with Crippen molar-refractivity contribution in [1.82, 2.24) is 24.6 Å². The Hall–Kier alpha value is -3.51. The monoisotopic (exact) mass is 443 g/mol. The van der Waals surface area contributed by atoms with Crippen LogP contribution < -0.4 is 5.69 Å². The van der Waals surface area contributed by atoms with Crippen LogP contribution in [0.4, 0.5) is 0 Å². The summed E-state index contributed by atoms with van der Waals surface area (Å²) in [4.78, 5) is 22.5. The van der Waals surface area contributed by atoms with E-state index in [1.807, 2.05) is 63.2 Å². The molecule has 2 aromatic carbocycles. The zero-order chi connectivity index (χ0) is 22.6. The van der Waals surface area contributed by atoms with Crippen LogP contribution in [0.15, 0.2) is 59.4 Å². The van der Waals surface area contributed by atoms with E-state index in [9.17, 15) is 4.79 Å². The molecule has 3 heterocycles. The van der Waals surface area contributed by atoms with E-state index in [1.165, 1.54) is 0 Å². The van der Waals surface area contributed by atoms with Gasteiger partial charge in [-0.15, -0.1) is 0 Å². The minimum absolute atomic E-state index is 0.310. The third-order valence-corrected chi connectivity index (χ3v) is 5.82. The molecule has 0 atom stereocenters. The first-order chi connectivity index (χ1) is 15.2. The summed E-state index contributed by atoms with van der Waals surface area (Å²) in [5.41, 5.74) is 5.24. The number of nitrogens with one attached hydrogen (secondary N) is 1. The molecule has 0 aliphatic heterocycles. The number of aryl methyl sites for hydroxylation is 1. The molecular weight excluding hydrogens is 422 g/mol. The number of nitrogens with zero attached hydrogens (tertiary/aromatic N) is 4. The van der Waals surface area contributed by atoms with Gasteiger partial charge in [-0.25, -0.2) is 24.3 Å². The lowest BCUT2D eigenvalue weighted by Crippen LogP contribution is -2.25. The number of pyridine rings is 1. The number of halogens is 1. The Kier molecular flexibility index (Phi) is 4.64. The van der Waals surface area contributed by atoms with Crippen molar-refractivity contribution in [2.24, 2.45) is 0 Å². The lowest BCUT2D eigenvalue weighted by atomic mass is 9.94. The number of H-pyrrole nitrogens is 1. The van der Waals surface area contributed by atoms with Crippen LogP contribution in [0.1, 0.15) is 32.2 Å². The predicted molar refractivity (Wildman–Crippen MR) is 128 cm³/mol. The van der Waals surface area contributed by atoms with Crippen molar-refractivity contribution in [3.05, 3.63) is 81.5 Å². The highest BCUT2D eigenvalue weighted by molar-refractivity contribution is 6.30. The third kappa shape index (κ3) is 3.28. The van der Waals surface area contributed by atoms with Crippen molar-refractivity contribution in [1.29, 1.82) is 0 Å². The maximum Gasteiger partial charge on any atom is 0.349 e. The number of benzene rings is 2. The van der Waals surface area contributed by atoms with Gasteiger partial charge in [0.05, 0.1) is 11.1 Å². The van der Waals surface area contributed by atoms with Crippen LogP contribution in [-0.2, 0) is 5.41 Å².